The molecular formula is C20H34N2O5. The van der Waals surface area contributed by atoms with Crippen LogP contribution in [-0.4, -0.2) is 60.6 Å². The number of esters is 2. The first-order chi connectivity index (χ1) is 12.5. The minimum atomic E-state index is -0.585. The molecule has 2 fully saturated rings. The number of ether oxygens (including phenoxy) is 2. The molecule has 1 N–H and O–H groups in total. The van der Waals surface area contributed by atoms with E-state index >= 15 is 0 Å². The van der Waals surface area contributed by atoms with Crippen molar-refractivity contribution in [1.29, 1.82) is 0 Å². The Morgan fingerprint density at radius 1 is 1.00 bits per heavy atom. The Morgan fingerprint density at radius 3 is 1.78 bits per heavy atom. The number of carbonyl (C=O) groups excluding carboxylic acids is 3. The molecule has 0 aromatic heterocycles. The number of methoxy groups -OCH3 is 2. The topological polar surface area (TPSA) is 84.9 Å². The van der Waals surface area contributed by atoms with Gasteiger partial charge in [0.25, 0.3) is 0 Å². The molecule has 0 aromatic rings. The van der Waals surface area contributed by atoms with E-state index in [1.54, 1.807) is 0 Å². The summed E-state index contributed by atoms with van der Waals surface area (Å²) in [5, 5.41) is 3.07. The largest absolute Gasteiger partial charge is 0.469 e. The predicted octanol–water partition coefficient (Wildman–Crippen LogP) is 1.74. The lowest BCUT2D eigenvalue weighted by atomic mass is 9.79. The normalized spacial score (nSPS) is 28.9. The maximum Gasteiger partial charge on any atom is 0.311 e. The molecule has 27 heavy (non-hydrogen) atoms. The highest BCUT2D eigenvalue weighted by molar-refractivity contribution is 5.86. The molecule has 2 aliphatic heterocycles. The SMILES string of the molecule is COC(=O)[C@H]1[C@H](C(=O)OC)[C@@H]2CC[C@H]1N2C(CC(C)C)C(=O)NC(C)(C)C. The molecule has 154 valence electrons. The first-order valence-electron chi connectivity index (χ1n) is 9.77. The number of hydrogen-bond donors (Lipinski definition) is 1. The monoisotopic (exact) mass is 382 g/mol. The number of rotatable bonds is 6. The summed E-state index contributed by atoms with van der Waals surface area (Å²) in [6.07, 6.45) is 2.21. The quantitative estimate of drug-likeness (QED) is 0.705. The molecule has 2 aliphatic rings. The highest BCUT2D eigenvalue weighted by Gasteiger charge is 2.61. The van der Waals surface area contributed by atoms with Gasteiger partial charge in [0.2, 0.25) is 5.91 Å². The molecule has 2 bridgehead atoms. The third-order valence-corrected chi connectivity index (χ3v) is 5.54. The fourth-order valence-electron chi connectivity index (χ4n) is 4.70. The molecule has 0 aromatic carbocycles. The molecule has 2 heterocycles. The Kier molecular flexibility index (Phi) is 6.55. The van der Waals surface area contributed by atoms with Gasteiger partial charge in [-0.25, -0.2) is 0 Å². The molecule has 5 atom stereocenters. The van der Waals surface area contributed by atoms with Gasteiger partial charge in [-0.2, -0.15) is 0 Å². The molecule has 0 saturated carbocycles. The standard InChI is InChI=1S/C20H34N2O5/c1-11(2)10-14(17(23)21-20(3,4)5)22-12-8-9-13(22)16(19(25)27-7)15(12)18(24)26-6/h11-16H,8-10H2,1-7H3,(H,21,23)/t12-,13+,14?,15-,16-/m1/s1. The Balaban J connectivity index is 2.39. The predicted molar refractivity (Wildman–Crippen MR) is 101 cm³/mol. The van der Waals surface area contributed by atoms with Crippen LogP contribution in [0.25, 0.3) is 0 Å². The Morgan fingerprint density at radius 2 is 1.44 bits per heavy atom. The van der Waals surface area contributed by atoms with E-state index in [0.29, 0.717) is 12.3 Å². The lowest BCUT2D eigenvalue weighted by Gasteiger charge is -2.35. The van der Waals surface area contributed by atoms with E-state index in [4.69, 9.17) is 9.47 Å². The zero-order valence-electron chi connectivity index (χ0n) is 17.6. The van der Waals surface area contributed by atoms with Crippen molar-refractivity contribution in [3.63, 3.8) is 0 Å². The van der Waals surface area contributed by atoms with E-state index in [1.165, 1.54) is 14.2 Å². The number of carbonyl (C=O) groups is 3. The van der Waals surface area contributed by atoms with Crippen molar-refractivity contribution < 1.29 is 23.9 Å². The Bertz CT molecular complexity index is 553. The number of nitrogens with one attached hydrogen (secondary N) is 1. The summed E-state index contributed by atoms with van der Waals surface area (Å²) in [5.74, 6) is -1.73. The van der Waals surface area contributed by atoms with Gasteiger partial charge in [-0.1, -0.05) is 13.8 Å². The average Bonchev–Trinajstić information content (AvgIpc) is 3.12. The molecule has 1 unspecified atom stereocenters. The summed E-state index contributed by atoms with van der Waals surface area (Å²) in [7, 11) is 2.68. The van der Waals surface area contributed by atoms with Crippen LogP contribution in [0.15, 0.2) is 0 Å². The maximum absolute atomic E-state index is 13.1. The molecule has 7 nitrogen and oxygen atoms in total. The zero-order valence-corrected chi connectivity index (χ0v) is 17.6. The molecule has 1 amide bonds. The summed E-state index contributed by atoms with van der Waals surface area (Å²) in [6.45, 7) is 10.00. The number of hydrogen-bond acceptors (Lipinski definition) is 6. The first kappa shape index (κ1) is 21.7. The average molecular weight is 383 g/mol. The van der Waals surface area contributed by atoms with Gasteiger partial charge < -0.3 is 14.8 Å². The van der Waals surface area contributed by atoms with E-state index in [0.717, 1.165) is 12.8 Å². The van der Waals surface area contributed by atoms with E-state index in [2.05, 4.69) is 24.1 Å². The van der Waals surface area contributed by atoms with Crippen molar-refractivity contribution in [2.75, 3.05) is 14.2 Å². The van der Waals surface area contributed by atoms with Gasteiger partial charge in [-0.15, -0.1) is 0 Å². The summed E-state index contributed by atoms with van der Waals surface area (Å²) in [6, 6.07) is -0.745. The highest BCUT2D eigenvalue weighted by Crippen LogP contribution is 2.48. The third-order valence-electron chi connectivity index (χ3n) is 5.54. The fourth-order valence-corrected chi connectivity index (χ4v) is 4.70. The van der Waals surface area contributed by atoms with E-state index in [9.17, 15) is 14.4 Å². The van der Waals surface area contributed by atoms with Gasteiger partial charge in [0.1, 0.15) is 0 Å². The fraction of sp³-hybridized carbons (Fsp3) is 0.850. The van der Waals surface area contributed by atoms with Crippen LogP contribution in [0.1, 0.15) is 53.9 Å². The van der Waals surface area contributed by atoms with Crippen LogP contribution < -0.4 is 5.32 Å². The second-order valence-electron chi connectivity index (χ2n) is 9.14. The minimum absolute atomic E-state index is 0.0535. The molecule has 2 rings (SSSR count). The second kappa shape index (κ2) is 8.17. The van der Waals surface area contributed by atoms with Gasteiger partial charge in [-0.05, 0) is 46.0 Å². The Hall–Kier alpha value is -1.63. The molecule has 7 heteroatoms. The third kappa shape index (κ3) is 4.45. The van der Waals surface area contributed by atoms with Crippen molar-refractivity contribution in [2.24, 2.45) is 17.8 Å². The van der Waals surface area contributed by atoms with Crippen molar-refractivity contribution in [1.82, 2.24) is 10.2 Å². The van der Waals surface area contributed by atoms with Crippen LogP contribution in [0, 0.1) is 17.8 Å². The molecular weight excluding hydrogens is 348 g/mol. The number of nitrogens with zero attached hydrogens (tertiary/aromatic N) is 1. The minimum Gasteiger partial charge on any atom is -0.469 e. The van der Waals surface area contributed by atoms with Crippen molar-refractivity contribution in [3.05, 3.63) is 0 Å². The summed E-state index contributed by atoms with van der Waals surface area (Å²) < 4.78 is 9.98. The summed E-state index contributed by atoms with van der Waals surface area (Å²) in [4.78, 5) is 40.1. The number of fused-ring (bicyclic) bond motifs is 2. The van der Waals surface area contributed by atoms with Crippen LogP contribution in [0.3, 0.4) is 0 Å². The highest BCUT2D eigenvalue weighted by atomic mass is 16.5. The first-order valence-corrected chi connectivity index (χ1v) is 9.77. The summed E-state index contributed by atoms with van der Waals surface area (Å²) in [5.41, 5.74) is -0.353. The molecule has 0 aliphatic carbocycles. The molecule has 0 spiro atoms. The van der Waals surface area contributed by atoms with Gasteiger partial charge in [0, 0.05) is 17.6 Å². The zero-order chi connectivity index (χ0) is 20.5. The maximum atomic E-state index is 13.1. The van der Waals surface area contributed by atoms with Crippen LogP contribution in [0.5, 0.6) is 0 Å². The van der Waals surface area contributed by atoms with Crippen LogP contribution in [0.2, 0.25) is 0 Å². The summed E-state index contributed by atoms with van der Waals surface area (Å²) >= 11 is 0. The molecule has 0 radical (unpaired) electrons. The lowest BCUT2D eigenvalue weighted by Crippen LogP contribution is -2.54. The van der Waals surface area contributed by atoms with Crippen molar-refractivity contribution >= 4 is 17.8 Å². The second-order valence-corrected chi connectivity index (χ2v) is 9.14. The van der Waals surface area contributed by atoms with Gasteiger partial charge in [0.05, 0.1) is 32.1 Å². The number of amides is 1. The van der Waals surface area contributed by atoms with Gasteiger partial charge in [-0.3, -0.25) is 19.3 Å². The van der Waals surface area contributed by atoms with E-state index in [-0.39, 0.29) is 29.6 Å². The van der Waals surface area contributed by atoms with Gasteiger partial charge in [0.15, 0.2) is 0 Å². The van der Waals surface area contributed by atoms with Crippen LogP contribution >= 0.6 is 0 Å². The van der Waals surface area contributed by atoms with Crippen LogP contribution in [0.4, 0.5) is 0 Å². The lowest BCUT2D eigenvalue weighted by molar-refractivity contribution is -0.157. The smallest absolute Gasteiger partial charge is 0.311 e. The molecule has 2 saturated heterocycles. The van der Waals surface area contributed by atoms with E-state index in [1.807, 2.05) is 20.8 Å². The van der Waals surface area contributed by atoms with Crippen LogP contribution in [-0.2, 0) is 23.9 Å². The van der Waals surface area contributed by atoms with Gasteiger partial charge >= 0.3 is 11.9 Å². The van der Waals surface area contributed by atoms with Crippen molar-refractivity contribution in [2.45, 2.75) is 77.5 Å². The van der Waals surface area contributed by atoms with Crippen molar-refractivity contribution in [3.8, 4) is 0 Å². The van der Waals surface area contributed by atoms with E-state index < -0.39 is 23.8 Å². The Labute approximate surface area is 162 Å².